The molecule has 0 unspecified atom stereocenters. The minimum absolute atomic E-state index is 0. The molecule has 0 saturated carbocycles. The first-order valence-electron chi connectivity index (χ1n) is 4.58. The van der Waals surface area contributed by atoms with E-state index in [1.165, 1.54) is 24.1 Å². The number of piperidine rings is 1. The van der Waals surface area contributed by atoms with Crippen LogP contribution in [0.4, 0.5) is 0 Å². The van der Waals surface area contributed by atoms with Crippen LogP contribution in [-0.2, 0) is 0 Å². The van der Waals surface area contributed by atoms with Gasteiger partial charge in [0.2, 0.25) is 0 Å². The van der Waals surface area contributed by atoms with Gasteiger partial charge >= 0.3 is 0 Å². The highest BCUT2D eigenvalue weighted by atomic mass is 35.5. The first kappa shape index (κ1) is 10.5. The van der Waals surface area contributed by atoms with Crippen LogP contribution in [0.15, 0.2) is 6.20 Å². The van der Waals surface area contributed by atoms with Gasteiger partial charge in [0, 0.05) is 11.6 Å². The predicted molar refractivity (Wildman–Crippen MR) is 55.4 cm³/mol. The van der Waals surface area contributed by atoms with Gasteiger partial charge in [0.05, 0.1) is 6.20 Å². The molecule has 2 N–H and O–H groups in total. The molecule has 2 rings (SSSR count). The number of hydrogen-bond acceptors (Lipinski definition) is 2. The number of aromatic nitrogens is 2. The van der Waals surface area contributed by atoms with Gasteiger partial charge in [0.25, 0.3) is 0 Å². The number of nitrogens with one attached hydrogen (secondary N) is 2. The Morgan fingerprint density at radius 2 is 2.08 bits per heavy atom. The van der Waals surface area contributed by atoms with E-state index in [4.69, 9.17) is 0 Å². The van der Waals surface area contributed by atoms with Crippen LogP contribution in [0.25, 0.3) is 0 Å². The summed E-state index contributed by atoms with van der Waals surface area (Å²) in [5, 5.41) is 10.5. The SMILES string of the molecule is Cc1cn[nH]c1C1CCNCC1.Cl. The van der Waals surface area contributed by atoms with Gasteiger partial charge in [-0.2, -0.15) is 5.10 Å². The summed E-state index contributed by atoms with van der Waals surface area (Å²) >= 11 is 0. The zero-order valence-corrected chi connectivity index (χ0v) is 8.66. The minimum atomic E-state index is 0. The molecule has 0 spiro atoms. The molecule has 1 saturated heterocycles. The summed E-state index contributed by atoms with van der Waals surface area (Å²) in [7, 11) is 0. The van der Waals surface area contributed by atoms with Crippen LogP contribution in [0.3, 0.4) is 0 Å². The lowest BCUT2D eigenvalue weighted by Gasteiger charge is -2.21. The average molecular weight is 202 g/mol. The van der Waals surface area contributed by atoms with Gasteiger partial charge < -0.3 is 5.32 Å². The normalized spacial score (nSPS) is 18.2. The molecule has 0 aliphatic carbocycles. The Morgan fingerprint density at radius 3 is 2.62 bits per heavy atom. The fourth-order valence-electron chi connectivity index (χ4n) is 1.88. The zero-order chi connectivity index (χ0) is 8.39. The molecule has 1 aromatic rings. The maximum Gasteiger partial charge on any atom is 0.0519 e. The lowest BCUT2D eigenvalue weighted by molar-refractivity contribution is 0.451. The Bertz CT molecular complexity index is 253. The third kappa shape index (κ3) is 2.23. The number of aromatic amines is 1. The van der Waals surface area contributed by atoms with Crippen molar-refractivity contribution in [1.82, 2.24) is 15.5 Å². The van der Waals surface area contributed by atoms with Crippen LogP contribution in [0.2, 0.25) is 0 Å². The number of H-pyrrole nitrogens is 1. The summed E-state index contributed by atoms with van der Waals surface area (Å²) < 4.78 is 0. The Hall–Kier alpha value is -0.540. The van der Waals surface area contributed by atoms with E-state index in [2.05, 4.69) is 22.4 Å². The molecule has 0 aromatic carbocycles. The Kier molecular flexibility index (Phi) is 3.75. The van der Waals surface area contributed by atoms with Crippen molar-refractivity contribution in [2.45, 2.75) is 25.7 Å². The summed E-state index contributed by atoms with van der Waals surface area (Å²) in [6, 6.07) is 0. The topological polar surface area (TPSA) is 40.7 Å². The standard InChI is InChI=1S/C9H15N3.ClH/c1-7-6-11-12-9(7)8-2-4-10-5-3-8;/h6,8,10H,2-5H2,1H3,(H,11,12);1H. The molecule has 0 atom stereocenters. The lowest BCUT2D eigenvalue weighted by atomic mass is 9.93. The lowest BCUT2D eigenvalue weighted by Crippen LogP contribution is -2.27. The number of rotatable bonds is 1. The fraction of sp³-hybridized carbons (Fsp3) is 0.667. The van der Waals surface area contributed by atoms with E-state index in [1.807, 2.05) is 6.20 Å². The maximum atomic E-state index is 4.05. The van der Waals surface area contributed by atoms with Crippen LogP contribution in [-0.4, -0.2) is 23.3 Å². The molecular weight excluding hydrogens is 186 g/mol. The highest BCUT2D eigenvalue weighted by Crippen LogP contribution is 2.25. The molecule has 1 aliphatic rings. The Labute approximate surface area is 84.7 Å². The van der Waals surface area contributed by atoms with Crippen molar-refractivity contribution in [2.24, 2.45) is 0 Å². The quantitative estimate of drug-likeness (QED) is 0.725. The average Bonchev–Trinajstić information content (AvgIpc) is 2.53. The number of aryl methyl sites for hydroxylation is 1. The van der Waals surface area contributed by atoms with Crippen LogP contribution >= 0.6 is 12.4 Å². The van der Waals surface area contributed by atoms with Crippen LogP contribution < -0.4 is 5.32 Å². The monoisotopic (exact) mass is 201 g/mol. The van der Waals surface area contributed by atoms with Crippen molar-refractivity contribution >= 4 is 12.4 Å². The number of hydrogen-bond donors (Lipinski definition) is 2. The molecule has 0 bridgehead atoms. The second kappa shape index (κ2) is 4.63. The first-order chi connectivity index (χ1) is 5.88. The van der Waals surface area contributed by atoms with E-state index in [0.717, 1.165) is 13.1 Å². The summed E-state index contributed by atoms with van der Waals surface area (Å²) in [6.45, 7) is 4.41. The third-order valence-electron chi connectivity index (χ3n) is 2.62. The van der Waals surface area contributed by atoms with Crippen molar-refractivity contribution in [2.75, 3.05) is 13.1 Å². The highest BCUT2D eigenvalue weighted by molar-refractivity contribution is 5.85. The maximum absolute atomic E-state index is 4.05. The molecule has 13 heavy (non-hydrogen) atoms. The Balaban J connectivity index is 0.000000845. The molecule has 0 amide bonds. The van der Waals surface area contributed by atoms with Gasteiger partial charge in [-0.05, 0) is 38.4 Å². The first-order valence-corrected chi connectivity index (χ1v) is 4.58. The fourth-order valence-corrected chi connectivity index (χ4v) is 1.88. The molecule has 0 radical (unpaired) electrons. The summed E-state index contributed by atoms with van der Waals surface area (Å²) in [5.74, 6) is 0.703. The van der Waals surface area contributed by atoms with Crippen molar-refractivity contribution in [3.05, 3.63) is 17.5 Å². The second-order valence-electron chi connectivity index (χ2n) is 3.49. The van der Waals surface area contributed by atoms with Gasteiger partial charge in [0.15, 0.2) is 0 Å². The van der Waals surface area contributed by atoms with E-state index in [1.54, 1.807) is 0 Å². The third-order valence-corrected chi connectivity index (χ3v) is 2.62. The summed E-state index contributed by atoms with van der Waals surface area (Å²) in [6.07, 6.45) is 4.39. The number of nitrogens with zero attached hydrogens (tertiary/aromatic N) is 1. The smallest absolute Gasteiger partial charge is 0.0519 e. The van der Waals surface area contributed by atoms with Crippen LogP contribution in [0.1, 0.15) is 30.0 Å². The Morgan fingerprint density at radius 1 is 1.38 bits per heavy atom. The van der Waals surface area contributed by atoms with Gasteiger partial charge in [-0.1, -0.05) is 0 Å². The molecular formula is C9H16ClN3. The summed E-state index contributed by atoms with van der Waals surface area (Å²) in [4.78, 5) is 0. The van der Waals surface area contributed by atoms with Crippen molar-refractivity contribution in [1.29, 1.82) is 0 Å². The largest absolute Gasteiger partial charge is 0.317 e. The molecule has 1 aromatic heterocycles. The molecule has 1 fully saturated rings. The number of halogens is 1. The van der Waals surface area contributed by atoms with E-state index in [9.17, 15) is 0 Å². The molecule has 2 heterocycles. The molecule has 4 heteroatoms. The van der Waals surface area contributed by atoms with Crippen LogP contribution in [0, 0.1) is 6.92 Å². The van der Waals surface area contributed by atoms with Crippen molar-refractivity contribution in [3.8, 4) is 0 Å². The van der Waals surface area contributed by atoms with Crippen molar-refractivity contribution in [3.63, 3.8) is 0 Å². The molecule has 3 nitrogen and oxygen atoms in total. The van der Waals surface area contributed by atoms with E-state index >= 15 is 0 Å². The van der Waals surface area contributed by atoms with E-state index < -0.39 is 0 Å². The van der Waals surface area contributed by atoms with E-state index in [0.29, 0.717) is 5.92 Å². The highest BCUT2D eigenvalue weighted by Gasteiger charge is 2.17. The van der Waals surface area contributed by atoms with Gasteiger partial charge in [-0.15, -0.1) is 12.4 Å². The van der Waals surface area contributed by atoms with Gasteiger partial charge in [-0.25, -0.2) is 0 Å². The second-order valence-corrected chi connectivity index (χ2v) is 3.49. The van der Waals surface area contributed by atoms with Crippen molar-refractivity contribution < 1.29 is 0 Å². The zero-order valence-electron chi connectivity index (χ0n) is 7.84. The van der Waals surface area contributed by atoms with Crippen LogP contribution in [0.5, 0.6) is 0 Å². The molecule has 74 valence electrons. The summed E-state index contributed by atoms with van der Waals surface area (Å²) in [5.41, 5.74) is 2.65. The van der Waals surface area contributed by atoms with Gasteiger partial charge in [-0.3, -0.25) is 5.10 Å². The predicted octanol–water partition coefficient (Wildman–Crippen LogP) is 1.61. The van der Waals surface area contributed by atoms with E-state index in [-0.39, 0.29) is 12.4 Å². The molecule has 1 aliphatic heterocycles. The minimum Gasteiger partial charge on any atom is -0.317 e. The van der Waals surface area contributed by atoms with Gasteiger partial charge in [0.1, 0.15) is 0 Å².